The molecule has 2 aliphatic rings. The zero-order valence-electron chi connectivity index (χ0n) is 17.2. The molecule has 1 amide bonds. The van der Waals surface area contributed by atoms with Gasteiger partial charge >= 0.3 is 6.36 Å². The minimum Gasteiger partial charge on any atom is -0.406 e. The van der Waals surface area contributed by atoms with E-state index in [9.17, 15) is 18.0 Å². The number of ether oxygens (including phenoxy) is 2. The second kappa shape index (κ2) is 8.82. The van der Waals surface area contributed by atoms with E-state index in [0.29, 0.717) is 55.8 Å². The molecule has 2 heterocycles. The third kappa shape index (κ3) is 5.72. The average Bonchev–Trinajstić information content (AvgIpc) is 3.53. The minimum absolute atomic E-state index is 0.107. The fourth-order valence-electron chi connectivity index (χ4n) is 3.79. The lowest BCUT2D eigenvalue weighted by molar-refractivity contribution is -0.274. The van der Waals surface area contributed by atoms with Crippen LogP contribution in [-0.4, -0.2) is 53.9 Å². The van der Waals surface area contributed by atoms with Gasteiger partial charge in [0.1, 0.15) is 11.6 Å². The van der Waals surface area contributed by atoms with Crippen molar-refractivity contribution in [1.82, 2.24) is 14.9 Å². The van der Waals surface area contributed by atoms with Crippen LogP contribution in [-0.2, 0) is 17.6 Å². The number of aryl methyl sites for hydroxylation is 2. The minimum atomic E-state index is -4.72. The van der Waals surface area contributed by atoms with Gasteiger partial charge in [-0.2, -0.15) is 0 Å². The van der Waals surface area contributed by atoms with Gasteiger partial charge in [-0.1, -0.05) is 6.07 Å². The molecule has 1 aromatic carbocycles. The number of carbonyl (C=O) groups is 1. The molecule has 1 saturated heterocycles. The molecule has 6 nitrogen and oxygen atoms in total. The molecule has 2 fully saturated rings. The number of carbonyl (C=O) groups excluding carboxylic acids is 1. The first-order valence-corrected chi connectivity index (χ1v) is 10.3. The predicted molar refractivity (Wildman–Crippen MR) is 106 cm³/mol. The smallest absolute Gasteiger partial charge is 0.406 e. The highest BCUT2D eigenvalue weighted by atomic mass is 19.4. The van der Waals surface area contributed by atoms with E-state index in [-0.39, 0.29) is 11.7 Å². The lowest BCUT2D eigenvalue weighted by Crippen LogP contribution is -2.51. The van der Waals surface area contributed by atoms with Crippen molar-refractivity contribution in [2.24, 2.45) is 5.92 Å². The van der Waals surface area contributed by atoms with Crippen molar-refractivity contribution in [2.75, 3.05) is 26.8 Å². The molecule has 0 atom stereocenters. The molecular weight excluding hydrogens is 411 g/mol. The highest BCUT2D eigenvalue weighted by Crippen LogP contribution is 2.42. The van der Waals surface area contributed by atoms with Gasteiger partial charge in [0.05, 0.1) is 12.2 Å². The van der Waals surface area contributed by atoms with Crippen LogP contribution in [0.3, 0.4) is 0 Å². The molecule has 31 heavy (non-hydrogen) atoms. The number of hydrogen-bond acceptors (Lipinski definition) is 5. The summed E-state index contributed by atoms with van der Waals surface area (Å²) in [6, 6.07) is 4.81. The highest BCUT2D eigenvalue weighted by molar-refractivity contribution is 5.94. The third-order valence-electron chi connectivity index (χ3n) is 5.51. The highest BCUT2D eigenvalue weighted by Gasteiger charge is 2.33. The van der Waals surface area contributed by atoms with Gasteiger partial charge < -0.3 is 14.4 Å². The molecular formula is C22H24F3N3O3. The number of likely N-dealkylation sites (tertiary alicyclic amines) is 1. The number of benzene rings is 1. The molecule has 0 bridgehead atoms. The summed E-state index contributed by atoms with van der Waals surface area (Å²) < 4.78 is 47.1. The van der Waals surface area contributed by atoms with Crippen LogP contribution >= 0.6 is 0 Å². The number of methoxy groups -OCH3 is 1. The Kier molecular flexibility index (Phi) is 6.13. The van der Waals surface area contributed by atoms with E-state index in [0.717, 1.165) is 24.0 Å². The molecule has 9 heteroatoms. The number of aromatic nitrogens is 2. The Morgan fingerprint density at radius 2 is 1.84 bits per heavy atom. The number of hydrogen-bond donors (Lipinski definition) is 0. The van der Waals surface area contributed by atoms with Gasteiger partial charge in [-0.05, 0) is 48.4 Å². The van der Waals surface area contributed by atoms with Gasteiger partial charge in [-0.25, -0.2) is 9.97 Å². The summed E-state index contributed by atoms with van der Waals surface area (Å²) >= 11 is 0. The standard InChI is InChI=1S/C22H24F3N3O3/c1-30-13-15-11-28(12-15)21(29)18-9-26-20(27-10-18)5-2-14-6-17(16-3-4-16)8-19(7-14)31-22(23,24)25/h6-10,15-16H,2-5,11-13H2,1H3. The maximum absolute atomic E-state index is 12.6. The lowest BCUT2D eigenvalue weighted by atomic mass is 10.0. The summed E-state index contributed by atoms with van der Waals surface area (Å²) in [7, 11) is 1.64. The first-order chi connectivity index (χ1) is 14.8. The van der Waals surface area contributed by atoms with Crippen LogP contribution in [0, 0.1) is 5.92 Å². The molecule has 1 aromatic heterocycles. The molecule has 1 saturated carbocycles. The Morgan fingerprint density at radius 1 is 1.13 bits per heavy atom. The van der Waals surface area contributed by atoms with Gasteiger partial charge in [0.15, 0.2) is 0 Å². The molecule has 0 unspecified atom stereocenters. The molecule has 0 radical (unpaired) electrons. The van der Waals surface area contributed by atoms with Crippen molar-refractivity contribution < 1.29 is 27.4 Å². The molecule has 0 spiro atoms. The van der Waals surface area contributed by atoms with Crippen molar-refractivity contribution in [3.63, 3.8) is 0 Å². The van der Waals surface area contributed by atoms with E-state index < -0.39 is 6.36 Å². The van der Waals surface area contributed by atoms with Gasteiger partial charge in [0, 0.05) is 44.9 Å². The molecule has 1 aliphatic carbocycles. The zero-order chi connectivity index (χ0) is 22.0. The van der Waals surface area contributed by atoms with Crippen molar-refractivity contribution in [1.29, 1.82) is 0 Å². The van der Waals surface area contributed by atoms with E-state index in [1.807, 2.05) is 6.07 Å². The number of nitrogens with zero attached hydrogens (tertiary/aromatic N) is 3. The van der Waals surface area contributed by atoms with Crippen molar-refractivity contribution in [3.05, 3.63) is 53.1 Å². The van der Waals surface area contributed by atoms with Gasteiger partial charge in [-0.15, -0.1) is 13.2 Å². The zero-order valence-corrected chi connectivity index (χ0v) is 17.2. The van der Waals surface area contributed by atoms with Crippen LogP contribution in [0.25, 0.3) is 0 Å². The van der Waals surface area contributed by atoms with E-state index in [1.54, 1.807) is 12.0 Å². The fraction of sp³-hybridized carbons (Fsp3) is 0.500. The topological polar surface area (TPSA) is 64.5 Å². The third-order valence-corrected chi connectivity index (χ3v) is 5.51. The first-order valence-electron chi connectivity index (χ1n) is 10.3. The Labute approximate surface area is 178 Å². The predicted octanol–water partition coefficient (Wildman–Crippen LogP) is 3.76. The molecule has 0 N–H and O–H groups in total. The molecule has 166 valence electrons. The number of alkyl halides is 3. The molecule has 4 rings (SSSR count). The summed E-state index contributed by atoms with van der Waals surface area (Å²) in [6.45, 7) is 1.96. The monoisotopic (exact) mass is 435 g/mol. The number of halogens is 3. The van der Waals surface area contributed by atoms with Crippen molar-refractivity contribution in [2.45, 2.75) is 38.0 Å². The summed E-state index contributed by atoms with van der Waals surface area (Å²) in [5.74, 6) is 0.918. The van der Waals surface area contributed by atoms with Crippen LogP contribution in [0.15, 0.2) is 30.6 Å². The summed E-state index contributed by atoms with van der Waals surface area (Å²) in [5.41, 5.74) is 2.05. The van der Waals surface area contributed by atoms with Crippen LogP contribution in [0.1, 0.15) is 46.1 Å². The maximum atomic E-state index is 12.6. The number of rotatable bonds is 8. The van der Waals surface area contributed by atoms with E-state index in [4.69, 9.17) is 4.74 Å². The van der Waals surface area contributed by atoms with Crippen LogP contribution in [0.4, 0.5) is 13.2 Å². The molecule has 2 aromatic rings. The Hall–Kier alpha value is -2.68. The largest absolute Gasteiger partial charge is 0.573 e. The van der Waals surface area contributed by atoms with Crippen LogP contribution in [0.5, 0.6) is 5.75 Å². The molecule has 1 aliphatic heterocycles. The lowest BCUT2D eigenvalue weighted by Gasteiger charge is -2.38. The van der Waals surface area contributed by atoms with Gasteiger partial charge in [-0.3, -0.25) is 4.79 Å². The Balaban J connectivity index is 1.36. The van der Waals surface area contributed by atoms with Gasteiger partial charge in [0.25, 0.3) is 5.91 Å². The first kappa shape index (κ1) is 21.5. The fourth-order valence-corrected chi connectivity index (χ4v) is 3.79. The summed E-state index contributed by atoms with van der Waals surface area (Å²) in [4.78, 5) is 22.7. The van der Waals surface area contributed by atoms with E-state index in [2.05, 4.69) is 14.7 Å². The average molecular weight is 435 g/mol. The second-order valence-electron chi connectivity index (χ2n) is 8.15. The quantitative estimate of drug-likeness (QED) is 0.632. The van der Waals surface area contributed by atoms with E-state index in [1.165, 1.54) is 24.5 Å². The Morgan fingerprint density at radius 3 is 2.45 bits per heavy atom. The van der Waals surface area contributed by atoms with Gasteiger partial charge in [0.2, 0.25) is 0 Å². The van der Waals surface area contributed by atoms with Crippen molar-refractivity contribution >= 4 is 5.91 Å². The van der Waals surface area contributed by atoms with Crippen LogP contribution in [0.2, 0.25) is 0 Å². The normalized spacial score (nSPS) is 16.8. The second-order valence-corrected chi connectivity index (χ2v) is 8.15. The number of amides is 1. The maximum Gasteiger partial charge on any atom is 0.573 e. The summed E-state index contributed by atoms with van der Waals surface area (Å²) in [6.07, 6.45) is 1.19. The van der Waals surface area contributed by atoms with Crippen LogP contribution < -0.4 is 4.74 Å². The van der Waals surface area contributed by atoms with E-state index >= 15 is 0 Å². The van der Waals surface area contributed by atoms with Crippen molar-refractivity contribution in [3.8, 4) is 5.75 Å². The Bertz CT molecular complexity index is 924. The summed E-state index contributed by atoms with van der Waals surface area (Å²) in [5, 5.41) is 0. The SMILES string of the molecule is COCC1CN(C(=O)c2cnc(CCc3cc(OC(F)(F)F)cc(C4CC4)c3)nc2)C1.